The number of esters is 1. The lowest BCUT2D eigenvalue weighted by Crippen LogP contribution is -2.18. The maximum Gasteiger partial charge on any atom is 0.412 e. The van der Waals surface area contributed by atoms with Gasteiger partial charge in [-0.1, -0.05) is 5.16 Å². The number of amides is 1. The molecule has 1 rings (SSSR count). The molecular formula is C5H4N2O4. The molecule has 58 valence electrons. The molecule has 0 saturated heterocycles. The van der Waals surface area contributed by atoms with Crippen molar-refractivity contribution in [2.24, 2.45) is 5.73 Å². The fraction of sp³-hybridized carbons (Fsp3) is 0. The van der Waals surface area contributed by atoms with E-state index in [0.717, 1.165) is 0 Å². The van der Waals surface area contributed by atoms with Gasteiger partial charge in [0.15, 0.2) is 5.69 Å². The Balaban J connectivity index is 2.64. The average Bonchev–Trinajstić information content (AvgIpc) is 2.35. The standard InChI is InChI=1S/C5H4N2O4/c6-5(9)11-4(8)3-1-2-10-7-3/h1-2H,(H2,6,9). The predicted octanol–water partition coefficient (Wildman–Crippen LogP) is -0.0899. The number of primary amides is 1. The monoisotopic (exact) mass is 156 g/mol. The summed E-state index contributed by atoms with van der Waals surface area (Å²) in [5.41, 5.74) is 4.47. The summed E-state index contributed by atoms with van der Waals surface area (Å²) in [7, 11) is 0. The maximum absolute atomic E-state index is 10.7. The van der Waals surface area contributed by atoms with Crippen molar-refractivity contribution in [1.29, 1.82) is 0 Å². The number of aromatic nitrogens is 1. The minimum atomic E-state index is -1.17. The molecule has 0 atom stereocenters. The molecule has 0 spiro atoms. The van der Waals surface area contributed by atoms with E-state index in [1.165, 1.54) is 12.3 Å². The summed E-state index contributed by atoms with van der Waals surface area (Å²) in [5, 5.41) is 3.21. The van der Waals surface area contributed by atoms with Crippen molar-refractivity contribution in [2.45, 2.75) is 0 Å². The van der Waals surface area contributed by atoms with Crippen molar-refractivity contribution in [3.05, 3.63) is 18.0 Å². The summed E-state index contributed by atoms with van der Waals surface area (Å²) in [6.07, 6.45) is 0.00964. The highest BCUT2D eigenvalue weighted by atomic mass is 16.6. The Bertz CT molecular complexity index is 266. The largest absolute Gasteiger partial charge is 0.412 e. The van der Waals surface area contributed by atoms with Crippen LogP contribution < -0.4 is 5.73 Å². The van der Waals surface area contributed by atoms with Crippen LogP contribution in [0.5, 0.6) is 0 Å². The Morgan fingerprint density at radius 3 is 2.82 bits per heavy atom. The molecule has 0 bridgehead atoms. The molecule has 1 aromatic heterocycles. The third-order valence-corrected chi connectivity index (χ3v) is 0.840. The van der Waals surface area contributed by atoms with Gasteiger partial charge in [-0.15, -0.1) is 0 Å². The number of rotatable bonds is 1. The Morgan fingerprint density at radius 2 is 2.36 bits per heavy atom. The highest BCUT2D eigenvalue weighted by molar-refractivity contribution is 5.94. The van der Waals surface area contributed by atoms with Gasteiger partial charge in [-0.05, 0) is 0 Å². The summed E-state index contributed by atoms with van der Waals surface area (Å²) < 4.78 is 8.29. The first-order chi connectivity index (χ1) is 5.20. The second-order valence-electron chi connectivity index (χ2n) is 1.59. The lowest BCUT2D eigenvalue weighted by Gasteiger charge is -1.91. The second kappa shape index (κ2) is 2.82. The van der Waals surface area contributed by atoms with Gasteiger partial charge in [0.1, 0.15) is 6.26 Å². The lowest BCUT2D eigenvalue weighted by atomic mass is 10.4. The van der Waals surface area contributed by atoms with E-state index in [0.29, 0.717) is 0 Å². The van der Waals surface area contributed by atoms with E-state index < -0.39 is 12.1 Å². The lowest BCUT2D eigenvalue weighted by molar-refractivity contribution is 0.0627. The van der Waals surface area contributed by atoms with E-state index >= 15 is 0 Å². The van der Waals surface area contributed by atoms with Crippen LogP contribution in [0.2, 0.25) is 0 Å². The molecule has 6 nitrogen and oxygen atoms in total. The number of hydrogen-bond donors (Lipinski definition) is 1. The molecule has 0 aliphatic rings. The second-order valence-corrected chi connectivity index (χ2v) is 1.59. The van der Waals surface area contributed by atoms with E-state index in [9.17, 15) is 9.59 Å². The van der Waals surface area contributed by atoms with Crippen molar-refractivity contribution in [1.82, 2.24) is 5.16 Å². The van der Waals surface area contributed by atoms with Gasteiger partial charge in [0.2, 0.25) is 0 Å². The van der Waals surface area contributed by atoms with Crippen molar-refractivity contribution in [3.8, 4) is 0 Å². The predicted molar refractivity (Wildman–Crippen MR) is 31.5 cm³/mol. The highest BCUT2D eigenvalue weighted by Gasteiger charge is 2.12. The third-order valence-electron chi connectivity index (χ3n) is 0.840. The summed E-state index contributed by atoms with van der Waals surface area (Å²) in [6, 6.07) is 1.26. The zero-order valence-corrected chi connectivity index (χ0v) is 5.31. The first kappa shape index (κ1) is 7.26. The maximum atomic E-state index is 10.7. The molecule has 0 aliphatic heterocycles. The molecule has 6 heteroatoms. The Morgan fingerprint density at radius 1 is 1.64 bits per heavy atom. The number of nitrogens with two attached hydrogens (primary N) is 1. The molecule has 0 unspecified atom stereocenters. The van der Waals surface area contributed by atoms with Crippen molar-refractivity contribution in [2.75, 3.05) is 0 Å². The van der Waals surface area contributed by atoms with E-state index in [-0.39, 0.29) is 5.69 Å². The van der Waals surface area contributed by atoms with E-state index in [2.05, 4.69) is 20.2 Å². The topological polar surface area (TPSA) is 95.4 Å². The molecule has 2 N–H and O–H groups in total. The molecule has 1 heterocycles. The van der Waals surface area contributed by atoms with Crippen molar-refractivity contribution in [3.63, 3.8) is 0 Å². The Labute approximate surface area is 60.9 Å². The number of hydrogen-bond acceptors (Lipinski definition) is 5. The van der Waals surface area contributed by atoms with Gasteiger partial charge in [0.25, 0.3) is 0 Å². The molecule has 1 aromatic rings. The molecule has 0 aliphatic carbocycles. The fourth-order valence-electron chi connectivity index (χ4n) is 0.461. The first-order valence-corrected chi connectivity index (χ1v) is 2.62. The minimum absolute atomic E-state index is 0.0937. The molecule has 0 fully saturated rings. The molecule has 0 aromatic carbocycles. The summed E-state index contributed by atoms with van der Waals surface area (Å²) in [4.78, 5) is 20.7. The molecule has 0 saturated carbocycles. The van der Waals surface area contributed by atoms with E-state index in [1.807, 2.05) is 0 Å². The van der Waals surface area contributed by atoms with Crippen molar-refractivity contribution < 1.29 is 18.8 Å². The highest BCUT2D eigenvalue weighted by Crippen LogP contribution is 1.96. The summed E-state index contributed by atoms with van der Waals surface area (Å²) in [5.74, 6) is -0.925. The van der Waals surface area contributed by atoms with Crippen LogP contribution in [0.25, 0.3) is 0 Å². The van der Waals surface area contributed by atoms with Gasteiger partial charge in [-0.3, -0.25) is 0 Å². The summed E-state index contributed by atoms with van der Waals surface area (Å²) in [6.45, 7) is 0. The first-order valence-electron chi connectivity index (χ1n) is 2.62. The fourth-order valence-corrected chi connectivity index (χ4v) is 0.461. The van der Waals surface area contributed by atoms with Gasteiger partial charge in [-0.25, -0.2) is 9.59 Å². The number of nitrogens with zero attached hydrogens (tertiary/aromatic N) is 1. The van der Waals surface area contributed by atoms with Gasteiger partial charge in [0.05, 0.1) is 0 Å². The number of carbonyl (C=O) groups is 2. The molecule has 0 radical (unpaired) electrons. The zero-order chi connectivity index (χ0) is 8.27. The molecule has 1 amide bonds. The van der Waals surface area contributed by atoms with Crippen LogP contribution in [0.4, 0.5) is 4.79 Å². The van der Waals surface area contributed by atoms with Gasteiger partial charge in [0, 0.05) is 6.07 Å². The summed E-state index contributed by atoms with van der Waals surface area (Å²) >= 11 is 0. The Kier molecular flexibility index (Phi) is 1.86. The van der Waals surface area contributed by atoms with Gasteiger partial charge >= 0.3 is 12.1 Å². The van der Waals surface area contributed by atoms with Crippen molar-refractivity contribution >= 4 is 12.1 Å². The molecular weight excluding hydrogens is 152 g/mol. The van der Waals surface area contributed by atoms with Gasteiger partial charge < -0.3 is 15.0 Å². The van der Waals surface area contributed by atoms with Crippen LogP contribution in [-0.4, -0.2) is 17.2 Å². The van der Waals surface area contributed by atoms with E-state index in [4.69, 9.17) is 0 Å². The van der Waals surface area contributed by atoms with Crippen LogP contribution >= 0.6 is 0 Å². The average molecular weight is 156 g/mol. The number of ether oxygens (including phenoxy) is 1. The van der Waals surface area contributed by atoms with Gasteiger partial charge in [-0.2, -0.15) is 0 Å². The van der Waals surface area contributed by atoms with Crippen LogP contribution in [0, 0.1) is 0 Å². The number of carbonyl (C=O) groups excluding carboxylic acids is 2. The van der Waals surface area contributed by atoms with Crippen LogP contribution in [0.1, 0.15) is 10.5 Å². The molecule has 11 heavy (non-hydrogen) atoms. The normalized spacial score (nSPS) is 9.09. The van der Waals surface area contributed by atoms with E-state index in [1.54, 1.807) is 0 Å². The SMILES string of the molecule is NC(=O)OC(=O)c1ccon1. The smallest absolute Gasteiger partial charge is 0.371 e. The zero-order valence-electron chi connectivity index (χ0n) is 5.31. The minimum Gasteiger partial charge on any atom is -0.371 e. The van der Waals surface area contributed by atoms with Crippen LogP contribution in [0.15, 0.2) is 16.9 Å². The third kappa shape index (κ3) is 1.78. The van der Waals surface area contributed by atoms with Crippen LogP contribution in [0.3, 0.4) is 0 Å². The Hall–Kier alpha value is -1.85. The quantitative estimate of drug-likeness (QED) is 0.452. The van der Waals surface area contributed by atoms with Crippen LogP contribution in [-0.2, 0) is 4.74 Å².